The van der Waals surface area contributed by atoms with Crippen LogP contribution in [-0.2, 0) is 0 Å². The minimum Gasteiger partial charge on any atom is -0.493 e. The van der Waals surface area contributed by atoms with Crippen molar-refractivity contribution in [2.75, 3.05) is 0 Å². The van der Waals surface area contributed by atoms with Gasteiger partial charge in [-0.25, -0.2) is 0 Å². The third-order valence-corrected chi connectivity index (χ3v) is 5.81. The van der Waals surface area contributed by atoms with Crippen molar-refractivity contribution in [3.05, 3.63) is 86.2 Å². The van der Waals surface area contributed by atoms with Gasteiger partial charge in [-0.15, -0.1) is 16.4 Å². The Morgan fingerprint density at radius 2 is 1.74 bits per heavy atom. The second-order valence-electron chi connectivity index (χ2n) is 6.17. The standard InChI is InChI=1S/C21H17N3OS2/c1-14(15-8-4-2-5-9-15)24-20(25)18(27-21(24)26)12-17-13-22-23-19(17)16-10-6-3-7-11-16/h2-14,25H,1H3. The van der Waals surface area contributed by atoms with Gasteiger partial charge in [0, 0.05) is 11.1 Å². The van der Waals surface area contributed by atoms with Crippen LogP contribution in [0.5, 0.6) is 5.88 Å². The SMILES string of the molecule is CC(c1ccccc1)n1c(O)c(C=C2C=NN=C2c2ccccc2)sc1=S. The summed E-state index contributed by atoms with van der Waals surface area (Å²) in [5.74, 6) is 0.168. The largest absolute Gasteiger partial charge is 0.493 e. The van der Waals surface area contributed by atoms with E-state index in [1.807, 2.05) is 73.7 Å². The number of allylic oxidation sites excluding steroid dienone is 1. The zero-order chi connectivity index (χ0) is 18.8. The smallest absolute Gasteiger partial charge is 0.211 e. The molecule has 6 heteroatoms. The Kier molecular flexibility index (Phi) is 4.83. The van der Waals surface area contributed by atoms with Crippen LogP contribution in [0.3, 0.4) is 0 Å². The molecule has 0 aliphatic carbocycles. The number of nitrogens with zero attached hydrogens (tertiary/aromatic N) is 3. The van der Waals surface area contributed by atoms with Crippen LogP contribution in [0.1, 0.15) is 29.0 Å². The second-order valence-corrected chi connectivity index (χ2v) is 7.85. The number of benzene rings is 2. The Balaban J connectivity index is 1.72. The highest BCUT2D eigenvalue weighted by molar-refractivity contribution is 7.73. The molecule has 1 aliphatic rings. The summed E-state index contributed by atoms with van der Waals surface area (Å²) >= 11 is 6.91. The molecular weight excluding hydrogens is 374 g/mol. The summed E-state index contributed by atoms with van der Waals surface area (Å²) in [4.78, 5) is 0.703. The zero-order valence-corrected chi connectivity index (χ0v) is 16.2. The Hall–Kier alpha value is -2.83. The molecule has 0 saturated carbocycles. The molecule has 4 rings (SSSR count). The van der Waals surface area contributed by atoms with Gasteiger partial charge in [0.2, 0.25) is 5.88 Å². The van der Waals surface area contributed by atoms with Crippen LogP contribution in [0.2, 0.25) is 0 Å². The Bertz CT molecular complexity index is 1110. The summed E-state index contributed by atoms with van der Waals surface area (Å²) in [6.45, 7) is 2.03. The van der Waals surface area contributed by atoms with E-state index in [1.54, 1.807) is 10.8 Å². The lowest BCUT2D eigenvalue weighted by Crippen LogP contribution is -2.06. The van der Waals surface area contributed by atoms with Crippen LogP contribution >= 0.6 is 23.6 Å². The molecule has 0 amide bonds. The minimum absolute atomic E-state index is 0.0541. The summed E-state index contributed by atoms with van der Waals surface area (Å²) in [5.41, 5.74) is 3.72. The second kappa shape index (κ2) is 7.42. The molecule has 3 aromatic rings. The Morgan fingerprint density at radius 3 is 2.44 bits per heavy atom. The summed E-state index contributed by atoms with van der Waals surface area (Å²) in [6.07, 6.45) is 3.60. The van der Waals surface area contributed by atoms with E-state index < -0.39 is 0 Å². The van der Waals surface area contributed by atoms with E-state index in [9.17, 15) is 5.11 Å². The van der Waals surface area contributed by atoms with Gasteiger partial charge in [0.15, 0.2) is 3.95 Å². The molecule has 0 fully saturated rings. The van der Waals surface area contributed by atoms with Gasteiger partial charge in [-0.05, 0) is 30.8 Å². The first kappa shape index (κ1) is 17.6. The quantitative estimate of drug-likeness (QED) is 0.600. The molecule has 2 heterocycles. The van der Waals surface area contributed by atoms with Crippen LogP contribution in [0.15, 0.2) is 76.4 Å². The lowest BCUT2D eigenvalue weighted by atomic mass is 10.0. The van der Waals surface area contributed by atoms with Gasteiger partial charge in [-0.2, -0.15) is 5.10 Å². The molecule has 0 bridgehead atoms. The van der Waals surface area contributed by atoms with Gasteiger partial charge in [0.1, 0.15) is 5.71 Å². The molecule has 1 atom stereocenters. The molecule has 1 aliphatic heterocycles. The van der Waals surface area contributed by atoms with Gasteiger partial charge >= 0.3 is 0 Å². The predicted octanol–water partition coefficient (Wildman–Crippen LogP) is 5.47. The number of rotatable bonds is 4. The van der Waals surface area contributed by atoms with Gasteiger partial charge in [-0.1, -0.05) is 60.7 Å². The van der Waals surface area contributed by atoms with Crippen LogP contribution in [0, 0.1) is 3.95 Å². The van der Waals surface area contributed by atoms with Gasteiger partial charge in [0.25, 0.3) is 0 Å². The number of hydrogen-bond donors (Lipinski definition) is 1. The van der Waals surface area contributed by atoms with Crippen molar-refractivity contribution in [2.45, 2.75) is 13.0 Å². The molecule has 1 N–H and O–H groups in total. The van der Waals surface area contributed by atoms with E-state index in [0.717, 1.165) is 22.4 Å². The molecule has 1 aromatic heterocycles. The first-order chi connectivity index (χ1) is 13.1. The van der Waals surface area contributed by atoms with Gasteiger partial charge < -0.3 is 5.11 Å². The number of aromatic hydroxyl groups is 1. The van der Waals surface area contributed by atoms with Crippen molar-refractivity contribution in [3.63, 3.8) is 0 Å². The third kappa shape index (κ3) is 3.41. The highest BCUT2D eigenvalue weighted by Crippen LogP contribution is 2.34. The van der Waals surface area contributed by atoms with E-state index in [-0.39, 0.29) is 11.9 Å². The highest BCUT2D eigenvalue weighted by Gasteiger charge is 2.19. The monoisotopic (exact) mass is 391 g/mol. The molecule has 0 saturated heterocycles. The summed E-state index contributed by atoms with van der Waals surface area (Å²) in [6, 6.07) is 19.8. The number of aromatic nitrogens is 1. The van der Waals surface area contributed by atoms with Crippen molar-refractivity contribution in [1.29, 1.82) is 0 Å². The fourth-order valence-electron chi connectivity index (χ4n) is 3.05. The first-order valence-electron chi connectivity index (χ1n) is 8.53. The molecule has 0 radical (unpaired) electrons. The van der Waals surface area contributed by atoms with Crippen molar-refractivity contribution in [3.8, 4) is 5.88 Å². The molecular formula is C21H17N3OS2. The van der Waals surface area contributed by atoms with E-state index in [0.29, 0.717) is 8.83 Å². The fraction of sp³-hybridized carbons (Fsp3) is 0.0952. The van der Waals surface area contributed by atoms with Gasteiger partial charge in [-0.3, -0.25) is 4.57 Å². The Labute approximate surface area is 166 Å². The molecule has 134 valence electrons. The number of thiazole rings is 1. The van der Waals surface area contributed by atoms with Crippen LogP contribution < -0.4 is 0 Å². The third-order valence-electron chi connectivity index (χ3n) is 4.47. The predicted molar refractivity (Wildman–Crippen MR) is 115 cm³/mol. The molecule has 2 aromatic carbocycles. The molecule has 0 spiro atoms. The lowest BCUT2D eigenvalue weighted by molar-refractivity contribution is 0.404. The van der Waals surface area contributed by atoms with Crippen LogP contribution in [0.25, 0.3) is 6.08 Å². The fourth-order valence-corrected chi connectivity index (χ4v) is 4.47. The maximum absolute atomic E-state index is 10.8. The summed E-state index contributed by atoms with van der Waals surface area (Å²) in [5, 5.41) is 19.1. The van der Waals surface area contributed by atoms with Crippen LogP contribution in [0.4, 0.5) is 0 Å². The lowest BCUT2D eigenvalue weighted by Gasteiger charge is -2.15. The normalized spacial score (nSPS) is 15.9. The van der Waals surface area contributed by atoms with E-state index >= 15 is 0 Å². The maximum Gasteiger partial charge on any atom is 0.211 e. The van der Waals surface area contributed by atoms with E-state index in [4.69, 9.17) is 12.2 Å². The number of hydrogen-bond acceptors (Lipinski definition) is 5. The van der Waals surface area contributed by atoms with Crippen LogP contribution in [-0.4, -0.2) is 21.6 Å². The zero-order valence-electron chi connectivity index (χ0n) is 14.6. The maximum atomic E-state index is 10.8. The van der Waals surface area contributed by atoms with Crippen molar-refractivity contribution in [2.24, 2.45) is 10.2 Å². The van der Waals surface area contributed by atoms with Gasteiger partial charge in [0.05, 0.1) is 17.1 Å². The van der Waals surface area contributed by atoms with Crippen molar-refractivity contribution in [1.82, 2.24) is 4.57 Å². The van der Waals surface area contributed by atoms with Crippen molar-refractivity contribution >= 4 is 41.6 Å². The first-order valence-corrected chi connectivity index (χ1v) is 9.75. The molecule has 4 nitrogen and oxygen atoms in total. The summed E-state index contributed by atoms with van der Waals surface area (Å²) in [7, 11) is 0. The average Bonchev–Trinajstić information content (AvgIpc) is 3.27. The topological polar surface area (TPSA) is 49.9 Å². The van der Waals surface area contributed by atoms with Crippen molar-refractivity contribution < 1.29 is 5.11 Å². The molecule has 1 unspecified atom stereocenters. The highest BCUT2D eigenvalue weighted by atomic mass is 32.1. The average molecular weight is 392 g/mol. The van der Waals surface area contributed by atoms with E-state index in [1.165, 1.54) is 11.3 Å². The Morgan fingerprint density at radius 1 is 1.07 bits per heavy atom. The van der Waals surface area contributed by atoms with E-state index in [2.05, 4.69) is 10.2 Å². The summed E-state index contributed by atoms with van der Waals surface area (Å²) < 4.78 is 2.41. The minimum atomic E-state index is -0.0541. The molecule has 27 heavy (non-hydrogen) atoms.